The van der Waals surface area contributed by atoms with Crippen LogP contribution in [0.5, 0.6) is 11.5 Å². The van der Waals surface area contributed by atoms with E-state index in [2.05, 4.69) is 26.0 Å². The molecule has 0 aliphatic heterocycles. The summed E-state index contributed by atoms with van der Waals surface area (Å²) in [6, 6.07) is 15.9. The van der Waals surface area contributed by atoms with Crippen LogP contribution in [0.2, 0.25) is 0 Å². The summed E-state index contributed by atoms with van der Waals surface area (Å²) in [7, 11) is 0. The number of aliphatic hydroxyl groups is 1. The van der Waals surface area contributed by atoms with E-state index in [9.17, 15) is 0 Å². The second-order valence-electron chi connectivity index (χ2n) is 5.02. The van der Waals surface area contributed by atoms with E-state index in [1.54, 1.807) is 0 Å². The van der Waals surface area contributed by atoms with Crippen LogP contribution in [0, 0.1) is 0 Å². The summed E-state index contributed by atoms with van der Waals surface area (Å²) in [6.07, 6.45) is 0. The van der Waals surface area contributed by atoms with Crippen LogP contribution in [-0.2, 0) is 5.41 Å². The topological polar surface area (TPSA) is 38.7 Å². The van der Waals surface area contributed by atoms with Gasteiger partial charge in [0.25, 0.3) is 0 Å². The Labute approximate surface area is 133 Å². The third kappa shape index (κ3) is 3.24. The Morgan fingerprint density at radius 1 is 0.900 bits per heavy atom. The predicted molar refractivity (Wildman–Crippen MR) is 87.4 cm³/mol. The van der Waals surface area contributed by atoms with E-state index in [0.29, 0.717) is 5.75 Å². The van der Waals surface area contributed by atoms with E-state index in [0.717, 1.165) is 5.75 Å². The molecule has 0 saturated heterocycles. The lowest BCUT2D eigenvalue weighted by Gasteiger charge is -2.26. The number of ether oxygens (including phenoxy) is 1. The van der Waals surface area contributed by atoms with Crippen molar-refractivity contribution in [1.82, 2.24) is 0 Å². The van der Waals surface area contributed by atoms with Crippen molar-refractivity contribution in [2.24, 2.45) is 0 Å². The molecule has 0 aromatic heterocycles. The molecule has 0 radical (unpaired) electrons. The van der Waals surface area contributed by atoms with Crippen LogP contribution in [0.25, 0.3) is 0 Å². The van der Waals surface area contributed by atoms with Crippen molar-refractivity contribution < 1.29 is 12.9 Å². The maximum Gasteiger partial charge on any atom is 0.192 e. The van der Waals surface area contributed by atoms with Gasteiger partial charge in [0.1, 0.15) is 11.5 Å². The van der Waals surface area contributed by atoms with Gasteiger partial charge in [-0.2, -0.15) is 0 Å². The fourth-order valence-corrected chi connectivity index (χ4v) is 2.43. The number of aliphatic hydroxyl groups excluding tert-OH is 1. The van der Waals surface area contributed by atoms with E-state index >= 15 is 0 Å². The molecule has 2 aromatic rings. The highest BCUT2D eigenvalue weighted by Gasteiger charge is 2.23. The molecule has 2 rings (SSSR count). The summed E-state index contributed by atoms with van der Waals surface area (Å²) in [5.41, 5.74) is 2.29. The molecular weight excluding hydrogens is 367 g/mol. The first kappa shape index (κ1) is 15.1. The molecule has 1 N–H and O–H groups in total. The Hall–Kier alpha value is -1.27. The lowest BCUT2D eigenvalue weighted by atomic mass is 9.78. The van der Waals surface area contributed by atoms with Crippen LogP contribution < -0.4 is 7.80 Å². The molecule has 0 aliphatic rings. The van der Waals surface area contributed by atoms with Gasteiger partial charge in [0.15, 0.2) is 29.8 Å². The van der Waals surface area contributed by atoms with Crippen molar-refractivity contribution in [3.63, 3.8) is 0 Å². The number of benzene rings is 2. The summed E-state index contributed by atoms with van der Waals surface area (Å²) in [4.78, 5) is 0. The molecule has 0 fully saturated rings. The SMILES string of the molecule is CC(C)(c1ccc(OI)cc1)c1ccc(OCO)cc1. The fraction of sp³-hybridized carbons (Fsp3) is 0.250. The summed E-state index contributed by atoms with van der Waals surface area (Å²) < 4.78 is 10.2. The van der Waals surface area contributed by atoms with Crippen LogP contribution in [0.3, 0.4) is 0 Å². The van der Waals surface area contributed by atoms with Gasteiger partial charge >= 0.3 is 0 Å². The molecule has 106 valence electrons. The quantitative estimate of drug-likeness (QED) is 0.624. The predicted octanol–water partition coefficient (Wildman–Crippen LogP) is 4.07. The van der Waals surface area contributed by atoms with E-state index in [4.69, 9.17) is 12.9 Å². The highest BCUT2D eigenvalue weighted by atomic mass is 127. The van der Waals surface area contributed by atoms with Gasteiger partial charge in [0, 0.05) is 5.41 Å². The first-order chi connectivity index (χ1) is 9.57. The molecule has 2 aromatic carbocycles. The van der Waals surface area contributed by atoms with Gasteiger partial charge in [-0.1, -0.05) is 38.1 Å². The Kier molecular flexibility index (Phi) is 4.88. The van der Waals surface area contributed by atoms with E-state index in [1.165, 1.54) is 11.1 Å². The zero-order valence-corrected chi connectivity index (χ0v) is 13.6. The first-order valence-electron chi connectivity index (χ1n) is 6.31. The van der Waals surface area contributed by atoms with Gasteiger partial charge in [-0.25, -0.2) is 0 Å². The minimum absolute atomic E-state index is 0.110. The third-order valence-corrected chi connectivity index (χ3v) is 3.98. The third-order valence-electron chi connectivity index (χ3n) is 3.47. The normalized spacial score (nSPS) is 11.2. The lowest BCUT2D eigenvalue weighted by Crippen LogP contribution is -2.18. The summed E-state index contributed by atoms with van der Waals surface area (Å²) in [5, 5.41) is 8.74. The Bertz CT molecular complexity index is 547. The van der Waals surface area contributed by atoms with Crippen molar-refractivity contribution in [2.45, 2.75) is 19.3 Å². The largest absolute Gasteiger partial charge is 0.468 e. The van der Waals surface area contributed by atoms with Crippen LogP contribution in [0.4, 0.5) is 0 Å². The molecule has 0 unspecified atom stereocenters. The maximum absolute atomic E-state index is 8.74. The minimum atomic E-state index is -0.305. The first-order valence-corrected chi connectivity index (χ1v) is 7.19. The van der Waals surface area contributed by atoms with Gasteiger partial charge < -0.3 is 12.9 Å². The average molecular weight is 384 g/mol. The minimum Gasteiger partial charge on any atom is -0.468 e. The van der Waals surface area contributed by atoms with Gasteiger partial charge in [-0.3, -0.25) is 0 Å². The molecule has 0 atom stereocenters. The Morgan fingerprint density at radius 3 is 1.75 bits per heavy atom. The molecule has 3 nitrogen and oxygen atoms in total. The highest BCUT2D eigenvalue weighted by Crippen LogP contribution is 2.33. The smallest absolute Gasteiger partial charge is 0.192 e. The zero-order chi connectivity index (χ0) is 14.6. The van der Waals surface area contributed by atoms with Crippen molar-refractivity contribution in [1.29, 1.82) is 0 Å². The number of halogens is 1. The standard InChI is InChI=1S/C16H17IO3/c1-16(2,13-5-9-15(20-17)10-6-13)12-3-7-14(8-4-12)19-11-18/h3-10,18H,11H2,1-2H3. The van der Waals surface area contributed by atoms with E-state index in [-0.39, 0.29) is 12.2 Å². The van der Waals surface area contributed by atoms with Crippen LogP contribution in [0.15, 0.2) is 48.5 Å². The Morgan fingerprint density at radius 2 is 1.35 bits per heavy atom. The van der Waals surface area contributed by atoms with Gasteiger partial charge in [-0.15, -0.1) is 0 Å². The summed E-state index contributed by atoms with van der Waals surface area (Å²) in [6.45, 7) is 4.05. The zero-order valence-electron chi connectivity index (χ0n) is 11.5. The molecular formula is C16H17IO3. The fourth-order valence-electron chi connectivity index (χ4n) is 2.13. The molecule has 0 heterocycles. The molecule has 20 heavy (non-hydrogen) atoms. The van der Waals surface area contributed by atoms with Gasteiger partial charge in [0.05, 0.1) is 0 Å². The van der Waals surface area contributed by atoms with Crippen molar-refractivity contribution in [2.75, 3.05) is 6.79 Å². The molecule has 0 bridgehead atoms. The van der Waals surface area contributed by atoms with Crippen molar-refractivity contribution >= 4 is 23.0 Å². The van der Waals surface area contributed by atoms with Gasteiger partial charge in [0.2, 0.25) is 0 Å². The average Bonchev–Trinajstić information content (AvgIpc) is 2.48. The second kappa shape index (κ2) is 6.45. The second-order valence-corrected chi connectivity index (χ2v) is 5.46. The molecule has 0 spiro atoms. The molecule has 0 saturated carbocycles. The van der Waals surface area contributed by atoms with Crippen molar-refractivity contribution in [3.8, 4) is 11.5 Å². The molecule has 4 heteroatoms. The lowest BCUT2D eigenvalue weighted by molar-refractivity contribution is 0.0985. The highest BCUT2D eigenvalue weighted by molar-refractivity contribution is 14.1. The number of rotatable bonds is 5. The van der Waals surface area contributed by atoms with Crippen LogP contribution in [0.1, 0.15) is 25.0 Å². The monoisotopic (exact) mass is 384 g/mol. The van der Waals surface area contributed by atoms with Crippen LogP contribution in [-0.4, -0.2) is 11.9 Å². The van der Waals surface area contributed by atoms with Crippen molar-refractivity contribution in [3.05, 3.63) is 59.7 Å². The molecule has 0 aliphatic carbocycles. The number of hydrogen-bond acceptors (Lipinski definition) is 3. The van der Waals surface area contributed by atoms with E-state index in [1.807, 2.05) is 59.4 Å². The van der Waals surface area contributed by atoms with Crippen LogP contribution >= 0.6 is 23.0 Å². The maximum atomic E-state index is 8.74. The summed E-state index contributed by atoms with van der Waals surface area (Å²) >= 11 is 1.87. The Balaban J connectivity index is 2.27. The van der Waals surface area contributed by atoms with E-state index < -0.39 is 0 Å². The summed E-state index contributed by atoms with van der Waals surface area (Å²) in [5.74, 6) is 1.51. The van der Waals surface area contributed by atoms with Gasteiger partial charge in [-0.05, 0) is 35.4 Å². The number of hydrogen-bond donors (Lipinski definition) is 1. The molecule has 0 amide bonds.